The summed E-state index contributed by atoms with van der Waals surface area (Å²) >= 11 is 11.7. The molecule has 0 amide bonds. The summed E-state index contributed by atoms with van der Waals surface area (Å²) in [6.07, 6.45) is 1.81. The smallest absolute Gasteiger partial charge is 0.0661 e. The molecule has 1 aromatic carbocycles. The Balaban J connectivity index is 2.47. The third-order valence-electron chi connectivity index (χ3n) is 1.83. The number of H-pyrrole nitrogens is 1. The van der Waals surface area contributed by atoms with E-state index in [-0.39, 0.29) is 0 Å². The van der Waals surface area contributed by atoms with Crippen LogP contribution in [0.3, 0.4) is 0 Å². The second kappa shape index (κ2) is 3.44. The van der Waals surface area contributed by atoms with Gasteiger partial charge in [0.2, 0.25) is 0 Å². The zero-order chi connectivity index (χ0) is 9.26. The van der Waals surface area contributed by atoms with E-state index in [0.29, 0.717) is 0 Å². The molecule has 1 aromatic heterocycles. The molecule has 0 fully saturated rings. The van der Waals surface area contributed by atoms with Crippen molar-refractivity contribution in [3.63, 3.8) is 0 Å². The van der Waals surface area contributed by atoms with Crippen molar-refractivity contribution in [3.05, 3.63) is 46.6 Å². The molecule has 2 aromatic rings. The lowest BCUT2D eigenvalue weighted by Crippen LogP contribution is -1.76. The van der Waals surface area contributed by atoms with Crippen LogP contribution in [-0.2, 0) is 0 Å². The third kappa shape index (κ3) is 1.71. The molecule has 13 heavy (non-hydrogen) atoms. The van der Waals surface area contributed by atoms with E-state index in [4.69, 9.17) is 23.2 Å². The summed E-state index contributed by atoms with van der Waals surface area (Å²) in [5.41, 5.74) is 1.97. The molecular weight excluding hydrogens is 205 g/mol. The summed E-state index contributed by atoms with van der Waals surface area (Å²) in [6.45, 7) is 0. The molecule has 0 aliphatic carbocycles. The van der Waals surface area contributed by atoms with Crippen LogP contribution in [0, 0.1) is 0 Å². The molecule has 0 spiro atoms. The van der Waals surface area contributed by atoms with Gasteiger partial charge < -0.3 is 4.98 Å². The number of rotatable bonds is 1. The highest BCUT2D eigenvalue weighted by molar-refractivity contribution is 6.33. The molecule has 0 aliphatic heterocycles. The van der Waals surface area contributed by atoms with Crippen molar-refractivity contribution in [2.24, 2.45) is 0 Å². The van der Waals surface area contributed by atoms with E-state index in [1.165, 1.54) is 0 Å². The van der Waals surface area contributed by atoms with Crippen molar-refractivity contribution in [3.8, 4) is 11.3 Å². The van der Waals surface area contributed by atoms with Crippen LogP contribution in [0.15, 0.2) is 36.5 Å². The fourth-order valence-electron chi connectivity index (χ4n) is 1.19. The second-order valence-corrected chi connectivity index (χ2v) is 3.55. The highest BCUT2D eigenvalue weighted by atomic mass is 35.5. The number of hydrogen-bond acceptors (Lipinski definition) is 0. The van der Waals surface area contributed by atoms with E-state index in [1.807, 2.05) is 36.5 Å². The zero-order valence-electron chi connectivity index (χ0n) is 6.72. The Hall–Kier alpha value is -0.920. The quantitative estimate of drug-likeness (QED) is 0.735. The maximum Gasteiger partial charge on any atom is 0.0661 e. The topological polar surface area (TPSA) is 15.8 Å². The highest BCUT2D eigenvalue weighted by Gasteiger charge is 2.02. The number of nitrogens with one attached hydrogen (secondary N) is 1. The van der Waals surface area contributed by atoms with Crippen molar-refractivity contribution in [1.82, 2.24) is 4.98 Å². The number of aromatic amines is 1. The molecule has 1 nitrogen and oxygen atoms in total. The minimum absolute atomic E-state index is 0.724. The molecule has 1 heterocycles. The molecule has 0 radical (unpaired) electrons. The Bertz CT molecular complexity index is 403. The van der Waals surface area contributed by atoms with Gasteiger partial charge in [0, 0.05) is 11.2 Å². The minimum atomic E-state index is 0.724. The van der Waals surface area contributed by atoms with Gasteiger partial charge in [-0.25, -0.2) is 0 Å². The van der Waals surface area contributed by atoms with Gasteiger partial charge in [-0.1, -0.05) is 35.3 Å². The van der Waals surface area contributed by atoms with E-state index < -0.39 is 0 Å². The first-order chi connectivity index (χ1) is 6.27. The maximum atomic E-state index is 5.95. The minimum Gasteiger partial charge on any atom is -0.360 e. The fraction of sp³-hybridized carbons (Fsp3) is 0. The fourth-order valence-corrected chi connectivity index (χ4v) is 1.54. The van der Waals surface area contributed by atoms with E-state index in [0.717, 1.165) is 21.3 Å². The Morgan fingerprint density at radius 2 is 1.62 bits per heavy atom. The van der Waals surface area contributed by atoms with Crippen LogP contribution in [0.1, 0.15) is 0 Å². The van der Waals surface area contributed by atoms with E-state index >= 15 is 0 Å². The largest absolute Gasteiger partial charge is 0.360 e. The molecule has 3 heteroatoms. The average molecular weight is 212 g/mol. The Morgan fingerprint density at radius 3 is 2.15 bits per heavy atom. The predicted octanol–water partition coefficient (Wildman–Crippen LogP) is 3.99. The zero-order valence-corrected chi connectivity index (χ0v) is 8.23. The monoisotopic (exact) mass is 211 g/mol. The molecular formula is C10H7Cl2N. The van der Waals surface area contributed by atoms with Gasteiger partial charge in [-0.2, -0.15) is 0 Å². The van der Waals surface area contributed by atoms with Crippen LogP contribution in [0.5, 0.6) is 0 Å². The van der Waals surface area contributed by atoms with Gasteiger partial charge in [0.25, 0.3) is 0 Å². The molecule has 0 saturated carbocycles. The van der Waals surface area contributed by atoms with Gasteiger partial charge in [0.15, 0.2) is 0 Å². The van der Waals surface area contributed by atoms with E-state index in [1.54, 1.807) is 0 Å². The van der Waals surface area contributed by atoms with Crippen LogP contribution >= 0.6 is 23.2 Å². The second-order valence-electron chi connectivity index (χ2n) is 2.71. The van der Waals surface area contributed by atoms with Crippen molar-refractivity contribution >= 4 is 23.2 Å². The summed E-state index contributed by atoms with van der Waals surface area (Å²) in [6, 6.07) is 9.37. The molecule has 66 valence electrons. The van der Waals surface area contributed by atoms with Crippen LogP contribution < -0.4 is 0 Å². The predicted molar refractivity (Wildman–Crippen MR) is 56.2 cm³/mol. The Labute approximate surface area is 86.3 Å². The highest BCUT2D eigenvalue weighted by Crippen LogP contribution is 2.26. The first-order valence-corrected chi connectivity index (χ1v) is 4.62. The summed E-state index contributed by atoms with van der Waals surface area (Å²) in [5.74, 6) is 0. The normalized spacial score (nSPS) is 10.3. The van der Waals surface area contributed by atoms with Gasteiger partial charge in [0.05, 0.1) is 10.7 Å². The van der Waals surface area contributed by atoms with Crippen molar-refractivity contribution in [2.75, 3.05) is 0 Å². The maximum absolute atomic E-state index is 5.95. The van der Waals surface area contributed by atoms with Gasteiger partial charge >= 0.3 is 0 Å². The first-order valence-electron chi connectivity index (χ1n) is 3.86. The van der Waals surface area contributed by atoms with Gasteiger partial charge in [-0.15, -0.1) is 0 Å². The Kier molecular flexibility index (Phi) is 2.30. The van der Waals surface area contributed by atoms with Gasteiger partial charge in [-0.05, 0) is 23.8 Å². The van der Waals surface area contributed by atoms with E-state index in [9.17, 15) is 0 Å². The summed E-state index contributed by atoms with van der Waals surface area (Å²) in [5, 5.41) is 1.45. The van der Waals surface area contributed by atoms with Gasteiger partial charge in [0.1, 0.15) is 0 Å². The van der Waals surface area contributed by atoms with E-state index in [2.05, 4.69) is 4.98 Å². The molecule has 1 N–H and O–H groups in total. The van der Waals surface area contributed by atoms with Gasteiger partial charge in [-0.3, -0.25) is 0 Å². The average Bonchev–Trinajstić information content (AvgIpc) is 2.53. The lowest BCUT2D eigenvalue weighted by molar-refractivity contribution is 1.40. The number of hydrogen-bond donors (Lipinski definition) is 1. The van der Waals surface area contributed by atoms with Crippen LogP contribution in [0.2, 0.25) is 10.0 Å². The standard InChI is InChI=1S/C10H7Cl2N/c11-8-3-1-7(2-4-8)10-9(12)5-6-13-10/h1-6,13H. The van der Waals surface area contributed by atoms with Crippen LogP contribution in [0.25, 0.3) is 11.3 Å². The summed E-state index contributed by atoms with van der Waals surface area (Å²) in [7, 11) is 0. The summed E-state index contributed by atoms with van der Waals surface area (Å²) < 4.78 is 0. The molecule has 0 bridgehead atoms. The molecule has 0 aliphatic rings. The SMILES string of the molecule is Clc1ccc(-c2[nH]ccc2Cl)cc1. The molecule has 2 rings (SSSR count). The number of halogens is 2. The lowest BCUT2D eigenvalue weighted by atomic mass is 10.2. The van der Waals surface area contributed by atoms with Crippen LogP contribution in [0.4, 0.5) is 0 Å². The summed E-state index contributed by atoms with van der Waals surface area (Å²) in [4.78, 5) is 3.07. The van der Waals surface area contributed by atoms with Crippen molar-refractivity contribution < 1.29 is 0 Å². The molecule has 0 unspecified atom stereocenters. The number of aromatic nitrogens is 1. The number of benzene rings is 1. The molecule has 0 saturated heterocycles. The lowest BCUT2D eigenvalue weighted by Gasteiger charge is -1.98. The third-order valence-corrected chi connectivity index (χ3v) is 2.40. The van der Waals surface area contributed by atoms with Crippen molar-refractivity contribution in [1.29, 1.82) is 0 Å². The molecule has 0 atom stereocenters. The Morgan fingerprint density at radius 1 is 0.923 bits per heavy atom. The van der Waals surface area contributed by atoms with Crippen molar-refractivity contribution in [2.45, 2.75) is 0 Å². The first kappa shape index (κ1) is 8.67. The van der Waals surface area contributed by atoms with Crippen LogP contribution in [-0.4, -0.2) is 4.98 Å².